The normalized spacial score (nSPS) is 14.6. The van der Waals surface area contributed by atoms with Gasteiger partial charge in [-0.05, 0) is 43.2 Å². The molecule has 1 aliphatic rings. The summed E-state index contributed by atoms with van der Waals surface area (Å²) in [6.07, 6.45) is 2.27. The molecule has 0 radical (unpaired) electrons. The summed E-state index contributed by atoms with van der Waals surface area (Å²) in [5, 5.41) is 5.21. The molecule has 2 aromatic carbocycles. The molecule has 27 heavy (non-hydrogen) atoms. The number of primary amides is 1. The number of rotatable bonds is 6. The van der Waals surface area contributed by atoms with Crippen LogP contribution in [0.25, 0.3) is 0 Å². The largest absolute Gasteiger partial charge is 0.372 e. The van der Waals surface area contributed by atoms with Crippen molar-refractivity contribution in [1.29, 1.82) is 0 Å². The fourth-order valence-corrected chi connectivity index (χ4v) is 3.30. The molecule has 2 aromatic rings. The lowest BCUT2D eigenvalue weighted by molar-refractivity contribution is -0.116. The number of urea groups is 1. The molecule has 1 aliphatic heterocycles. The highest BCUT2D eigenvalue weighted by molar-refractivity contribution is 5.91. The molecule has 0 aliphatic carbocycles. The van der Waals surface area contributed by atoms with Crippen LogP contribution in [-0.2, 0) is 4.79 Å². The number of carbonyl (C=O) groups excluding carboxylic acids is 2. The van der Waals surface area contributed by atoms with Crippen LogP contribution in [0.4, 0.5) is 20.6 Å². The molecule has 0 bridgehead atoms. The molecule has 0 spiro atoms. The van der Waals surface area contributed by atoms with E-state index in [-0.39, 0.29) is 17.9 Å². The molecule has 1 atom stereocenters. The van der Waals surface area contributed by atoms with Crippen molar-refractivity contribution >= 4 is 23.3 Å². The molecule has 3 amide bonds. The summed E-state index contributed by atoms with van der Waals surface area (Å²) >= 11 is 0. The van der Waals surface area contributed by atoms with Gasteiger partial charge in [0.25, 0.3) is 0 Å². The van der Waals surface area contributed by atoms with E-state index in [4.69, 9.17) is 5.73 Å². The molecule has 142 valence electrons. The molecule has 1 heterocycles. The van der Waals surface area contributed by atoms with Crippen molar-refractivity contribution in [3.8, 4) is 0 Å². The molecular formula is C20H23FN4O2. The van der Waals surface area contributed by atoms with Gasteiger partial charge in [0.05, 0.1) is 12.5 Å². The van der Waals surface area contributed by atoms with Crippen LogP contribution in [0.15, 0.2) is 48.5 Å². The van der Waals surface area contributed by atoms with E-state index in [0.29, 0.717) is 5.69 Å². The molecular weight excluding hydrogens is 347 g/mol. The Morgan fingerprint density at radius 1 is 1.07 bits per heavy atom. The average Bonchev–Trinajstić information content (AvgIpc) is 3.16. The third kappa shape index (κ3) is 4.97. The Morgan fingerprint density at radius 2 is 1.74 bits per heavy atom. The Labute approximate surface area is 157 Å². The number of hydrogen-bond donors (Lipinski definition) is 3. The van der Waals surface area contributed by atoms with E-state index < -0.39 is 17.9 Å². The highest BCUT2D eigenvalue weighted by atomic mass is 19.1. The minimum Gasteiger partial charge on any atom is -0.372 e. The molecule has 7 heteroatoms. The second kappa shape index (κ2) is 8.53. The van der Waals surface area contributed by atoms with Gasteiger partial charge in [0.1, 0.15) is 5.82 Å². The predicted molar refractivity (Wildman–Crippen MR) is 103 cm³/mol. The van der Waals surface area contributed by atoms with Crippen molar-refractivity contribution in [2.24, 2.45) is 5.73 Å². The number of nitrogens with two attached hydrogens (primary N) is 1. The maximum Gasteiger partial charge on any atom is 0.312 e. The zero-order valence-electron chi connectivity index (χ0n) is 15.0. The molecule has 0 aromatic heterocycles. The zero-order chi connectivity index (χ0) is 19.2. The quantitative estimate of drug-likeness (QED) is 0.730. The van der Waals surface area contributed by atoms with Gasteiger partial charge in [0.15, 0.2) is 0 Å². The second-order valence-electron chi connectivity index (χ2n) is 6.58. The van der Waals surface area contributed by atoms with Crippen LogP contribution in [0.5, 0.6) is 0 Å². The number of nitrogens with zero attached hydrogens (tertiary/aromatic N) is 1. The van der Waals surface area contributed by atoms with Crippen LogP contribution < -0.4 is 21.3 Å². The Morgan fingerprint density at radius 3 is 2.37 bits per heavy atom. The van der Waals surface area contributed by atoms with Crippen molar-refractivity contribution in [1.82, 2.24) is 5.32 Å². The third-order valence-corrected chi connectivity index (χ3v) is 4.61. The first kappa shape index (κ1) is 18.7. The second-order valence-corrected chi connectivity index (χ2v) is 6.58. The highest BCUT2D eigenvalue weighted by Crippen LogP contribution is 2.23. The van der Waals surface area contributed by atoms with Crippen molar-refractivity contribution in [3.05, 3.63) is 59.9 Å². The van der Waals surface area contributed by atoms with Gasteiger partial charge in [0, 0.05) is 30.0 Å². The van der Waals surface area contributed by atoms with Crippen molar-refractivity contribution in [2.75, 3.05) is 23.3 Å². The lowest BCUT2D eigenvalue weighted by Gasteiger charge is -2.19. The van der Waals surface area contributed by atoms with Gasteiger partial charge in [0.2, 0.25) is 5.91 Å². The lowest BCUT2D eigenvalue weighted by atomic mass is 10.0. The number of anilines is 2. The van der Waals surface area contributed by atoms with Gasteiger partial charge in [-0.25, -0.2) is 9.18 Å². The van der Waals surface area contributed by atoms with E-state index in [2.05, 4.69) is 15.5 Å². The minimum atomic E-state index is -0.840. The van der Waals surface area contributed by atoms with Crippen molar-refractivity contribution in [3.63, 3.8) is 0 Å². The van der Waals surface area contributed by atoms with Crippen LogP contribution in [-0.4, -0.2) is 25.0 Å². The summed E-state index contributed by atoms with van der Waals surface area (Å²) in [6, 6.07) is 11.9. The van der Waals surface area contributed by atoms with Crippen molar-refractivity contribution in [2.45, 2.75) is 25.3 Å². The topological polar surface area (TPSA) is 87.5 Å². The van der Waals surface area contributed by atoms with E-state index in [0.717, 1.165) is 18.8 Å². The fraction of sp³-hybridized carbons (Fsp3) is 0.300. The number of benzene rings is 2. The van der Waals surface area contributed by atoms with Gasteiger partial charge in [-0.1, -0.05) is 18.2 Å². The van der Waals surface area contributed by atoms with E-state index >= 15 is 0 Å². The fourth-order valence-electron chi connectivity index (χ4n) is 3.30. The Balaban J connectivity index is 1.65. The molecule has 0 saturated carbocycles. The maximum absolute atomic E-state index is 14.0. The summed E-state index contributed by atoms with van der Waals surface area (Å²) in [4.78, 5) is 25.9. The zero-order valence-corrected chi connectivity index (χ0v) is 15.0. The molecule has 4 N–H and O–H groups in total. The Kier molecular flexibility index (Phi) is 5.90. The molecule has 1 fully saturated rings. The average molecular weight is 370 g/mol. The number of nitrogens with one attached hydrogen (secondary N) is 2. The Bertz CT molecular complexity index is 804. The van der Waals surface area contributed by atoms with E-state index in [9.17, 15) is 14.0 Å². The van der Waals surface area contributed by atoms with E-state index in [1.807, 2.05) is 24.3 Å². The van der Waals surface area contributed by atoms with E-state index in [1.54, 1.807) is 12.1 Å². The summed E-state index contributed by atoms with van der Waals surface area (Å²) in [7, 11) is 0. The first-order valence-corrected chi connectivity index (χ1v) is 8.98. The monoisotopic (exact) mass is 370 g/mol. The summed E-state index contributed by atoms with van der Waals surface area (Å²) < 4.78 is 14.0. The van der Waals surface area contributed by atoms with Gasteiger partial charge in [-0.2, -0.15) is 0 Å². The van der Waals surface area contributed by atoms with Gasteiger partial charge >= 0.3 is 6.03 Å². The van der Waals surface area contributed by atoms with Crippen LogP contribution in [0, 0.1) is 5.82 Å². The van der Waals surface area contributed by atoms with E-state index in [1.165, 1.54) is 25.0 Å². The summed E-state index contributed by atoms with van der Waals surface area (Å²) in [5.74, 6) is -0.843. The Hall–Kier alpha value is -3.09. The summed E-state index contributed by atoms with van der Waals surface area (Å²) in [5.41, 5.74) is 7.17. The third-order valence-electron chi connectivity index (χ3n) is 4.61. The number of carbonyl (C=O) groups is 2. The minimum absolute atomic E-state index is 0.127. The van der Waals surface area contributed by atoms with Crippen molar-refractivity contribution < 1.29 is 14.0 Å². The number of hydrogen-bond acceptors (Lipinski definition) is 3. The number of halogens is 1. The van der Waals surface area contributed by atoms with Gasteiger partial charge in [-0.3, -0.25) is 4.79 Å². The lowest BCUT2D eigenvalue weighted by Crippen LogP contribution is -2.35. The van der Waals surface area contributed by atoms with Crippen LogP contribution in [0.2, 0.25) is 0 Å². The van der Waals surface area contributed by atoms with Gasteiger partial charge in [-0.15, -0.1) is 0 Å². The SMILES string of the molecule is NC(=O)N[C@@H](CC(=O)Nc1ccc(N2CCCC2)cc1)c1ccccc1F. The standard InChI is InChI=1S/C20H23FN4O2/c21-17-6-2-1-5-16(17)18(24-20(22)27)13-19(26)23-14-7-9-15(10-8-14)25-11-3-4-12-25/h1-2,5-10,18H,3-4,11-13H2,(H,23,26)(H3,22,24,27)/t18-/m0/s1. The predicted octanol–water partition coefficient (Wildman–Crippen LogP) is 3.16. The molecule has 1 saturated heterocycles. The number of amides is 3. The first-order valence-electron chi connectivity index (χ1n) is 8.98. The smallest absolute Gasteiger partial charge is 0.312 e. The van der Waals surface area contributed by atoms with Crippen LogP contribution >= 0.6 is 0 Å². The molecule has 0 unspecified atom stereocenters. The maximum atomic E-state index is 14.0. The first-order chi connectivity index (χ1) is 13.0. The van der Waals surface area contributed by atoms with Crippen LogP contribution in [0.3, 0.4) is 0 Å². The molecule has 6 nitrogen and oxygen atoms in total. The van der Waals surface area contributed by atoms with Crippen LogP contribution in [0.1, 0.15) is 30.9 Å². The summed E-state index contributed by atoms with van der Waals surface area (Å²) in [6.45, 7) is 2.10. The highest BCUT2D eigenvalue weighted by Gasteiger charge is 2.20. The molecule has 3 rings (SSSR count). The van der Waals surface area contributed by atoms with Gasteiger partial charge < -0.3 is 21.3 Å².